The monoisotopic (exact) mass is 286 g/mol. The normalized spacial score (nSPS) is 25.7. The third-order valence-electron chi connectivity index (χ3n) is 4.30. The summed E-state index contributed by atoms with van der Waals surface area (Å²) in [5.74, 6) is -0.910. The topological polar surface area (TPSA) is 69.6 Å². The minimum atomic E-state index is -0.869. The number of anilines is 1. The van der Waals surface area contributed by atoms with Crippen molar-refractivity contribution in [3.05, 3.63) is 41.5 Å². The Bertz CT molecular complexity index is 636. The molecule has 5 nitrogen and oxygen atoms in total. The van der Waals surface area contributed by atoms with Gasteiger partial charge < -0.3 is 15.3 Å². The molecule has 0 saturated carbocycles. The minimum absolute atomic E-state index is 0.0136. The van der Waals surface area contributed by atoms with Crippen molar-refractivity contribution in [1.82, 2.24) is 4.90 Å². The Morgan fingerprint density at radius 2 is 2.10 bits per heavy atom. The van der Waals surface area contributed by atoms with Crippen LogP contribution in [0.5, 0.6) is 0 Å². The number of hydrogen-bond acceptors (Lipinski definition) is 3. The average molecular weight is 286 g/mol. The molecule has 1 aromatic carbocycles. The van der Waals surface area contributed by atoms with E-state index in [0.29, 0.717) is 11.3 Å². The van der Waals surface area contributed by atoms with E-state index in [-0.39, 0.29) is 17.7 Å². The standard InChI is InChI=1S/C16H18N2O3/c1-18(2)15(19)12-8-4-6-10-9-5-3-7-11(9)14(16(20)21)17-13(10)12/h3-6,8-9,11,14,17H,7H2,1-2H3,(H,20,21)/t9-,11+,14+/m1/s1. The summed E-state index contributed by atoms with van der Waals surface area (Å²) in [5.41, 5.74) is 2.21. The largest absolute Gasteiger partial charge is 0.480 e. The fraction of sp³-hybridized carbons (Fsp3) is 0.375. The van der Waals surface area contributed by atoms with Gasteiger partial charge >= 0.3 is 5.97 Å². The highest BCUT2D eigenvalue weighted by molar-refractivity contribution is 6.01. The van der Waals surface area contributed by atoms with Crippen molar-refractivity contribution in [1.29, 1.82) is 0 Å². The molecule has 1 aliphatic carbocycles. The van der Waals surface area contributed by atoms with Gasteiger partial charge in [-0.15, -0.1) is 0 Å². The van der Waals surface area contributed by atoms with Crippen LogP contribution < -0.4 is 5.32 Å². The molecule has 1 aromatic rings. The first-order chi connectivity index (χ1) is 10.0. The number of fused-ring (bicyclic) bond motifs is 3. The van der Waals surface area contributed by atoms with Gasteiger partial charge in [0.1, 0.15) is 6.04 Å². The van der Waals surface area contributed by atoms with Crippen LogP contribution in [-0.2, 0) is 4.79 Å². The van der Waals surface area contributed by atoms with Crippen LogP contribution in [0.15, 0.2) is 30.4 Å². The molecule has 1 heterocycles. The molecule has 110 valence electrons. The van der Waals surface area contributed by atoms with Gasteiger partial charge in [-0.3, -0.25) is 4.79 Å². The van der Waals surface area contributed by atoms with Gasteiger partial charge in [0.15, 0.2) is 0 Å². The molecule has 0 radical (unpaired) electrons. The van der Waals surface area contributed by atoms with Crippen molar-refractivity contribution in [3.63, 3.8) is 0 Å². The van der Waals surface area contributed by atoms with Crippen LogP contribution in [-0.4, -0.2) is 42.0 Å². The Kier molecular flexibility index (Phi) is 3.20. The van der Waals surface area contributed by atoms with Crippen LogP contribution in [0.25, 0.3) is 0 Å². The Labute approximate surface area is 123 Å². The van der Waals surface area contributed by atoms with Gasteiger partial charge in [-0.25, -0.2) is 4.79 Å². The number of carboxylic acid groups (broad SMARTS) is 1. The van der Waals surface area contributed by atoms with Gasteiger partial charge in [-0.2, -0.15) is 0 Å². The predicted octanol–water partition coefficient (Wildman–Crippen LogP) is 1.93. The van der Waals surface area contributed by atoms with E-state index in [1.54, 1.807) is 20.2 Å². The van der Waals surface area contributed by atoms with Gasteiger partial charge in [-0.05, 0) is 18.1 Å². The van der Waals surface area contributed by atoms with Crippen LogP contribution in [0.4, 0.5) is 5.69 Å². The van der Waals surface area contributed by atoms with Crippen LogP contribution in [0, 0.1) is 5.92 Å². The molecule has 0 fully saturated rings. The van der Waals surface area contributed by atoms with E-state index in [4.69, 9.17) is 0 Å². The molecular weight excluding hydrogens is 268 g/mol. The second-order valence-corrected chi connectivity index (χ2v) is 5.78. The van der Waals surface area contributed by atoms with E-state index in [1.807, 2.05) is 18.2 Å². The quantitative estimate of drug-likeness (QED) is 0.815. The molecule has 21 heavy (non-hydrogen) atoms. The lowest BCUT2D eigenvalue weighted by Crippen LogP contribution is -2.42. The second-order valence-electron chi connectivity index (χ2n) is 5.78. The number of nitrogens with zero attached hydrogens (tertiary/aromatic N) is 1. The van der Waals surface area contributed by atoms with Crippen LogP contribution in [0.2, 0.25) is 0 Å². The zero-order valence-corrected chi connectivity index (χ0v) is 12.0. The maximum absolute atomic E-state index is 12.3. The number of carbonyl (C=O) groups is 2. The number of carbonyl (C=O) groups excluding carboxylic acids is 1. The highest BCUT2D eigenvalue weighted by Gasteiger charge is 2.41. The van der Waals surface area contributed by atoms with E-state index >= 15 is 0 Å². The summed E-state index contributed by atoms with van der Waals surface area (Å²) in [6.45, 7) is 0. The fourth-order valence-electron chi connectivity index (χ4n) is 3.28. The van der Waals surface area contributed by atoms with Gasteiger partial charge in [0.2, 0.25) is 0 Å². The molecule has 2 N–H and O–H groups in total. The number of hydrogen-bond donors (Lipinski definition) is 2. The molecule has 0 unspecified atom stereocenters. The van der Waals surface area contributed by atoms with Crippen molar-refractivity contribution >= 4 is 17.6 Å². The van der Waals surface area contributed by atoms with Crippen molar-refractivity contribution in [2.24, 2.45) is 5.92 Å². The van der Waals surface area contributed by atoms with E-state index in [9.17, 15) is 14.7 Å². The molecule has 3 rings (SSSR count). The first kappa shape index (κ1) is 13.7. The summed E-state index contributed by atoms with van der Waals surface area (Å²) in [6.07, 6.45) is 4.84. The molecule has 2 aliphatic rings. The average Bonchev–Trinajstić information content (AvgIpc) is 2.94. The maximum atomic E-state index is 12.3. The Morgan fingerprint density at radius 1 is 1.33 bits per heavy atom. The molecule has 1 aliphatic heterocycles. The van der Waals surface area contributed by atoms with Crippen molar-refractivity contribution in [2.75, 3.05) is 19.4 Å². The number of amides is 1. The first-order valence-electron chi connectivity index (χ1n) is 7.01. The number of aliphatic carboxylic acids is 1. The summed E-state index contributed by atoms with van der Waals surface area (Å²) in [6, 6.07) is 4.92. The molecule has 0 saturated heterocycles. The number of carboxylic acids is 1. The van der Waals surface area contributed by atoms with Gasteiger partial charge in [-0.1, -0.05) is 24.3 Å². The zero-order valence-electron chi connectivity index (χ0n) is 12.0. The number of rotatable bonds is 2. The summed E-state index contributed by atoms with van der Waals surface area (Å²) >= 11 is 0. The first-order valence-corrected chi connectivity index (χ1v) is 7.01. The van der Waals surface area contributed by atoms with E-state index in [2.05, 4.69) is 11.4 Å². The number of nitrogens with one attached hydrogen (secondary N) is 1. The molecule has 0 bridgehead atoms. The second kappa shape index (κ2) is 4.91. The number of para-hydroxylation sites is 1. The Hall–Kier alpha value is -2.30. The Morgan fingerprint density at radius 3 is 2.76 bits per heavy atom. The highest BCUT2D eigenvalue weighted by atomic mass is 16.4. The van der Waals surface area contributed by atoms with Crippen LogP contribution in [0.3, 0.4) is 0 Å². The van der Waals surface area contributed by atoms with Crippen molar-refractivity contribution in [3.8, 4) is 0 Å². The summed E-state index contributed by atoms with van der Waals surface area (Å²) in [7, 11) is 3.38. The SMILES string of the molecule is CN(C)C(=O)c1cccc2c1N[C@H](C(=O)O)[C@H]1CC=C[C@H]21. The van der Waals surface area contributed by atoms with Crippen LogP contribution >= 0.6 is 0 Å². The summed E-state index contributed by atoms with van der Waals surface area (Å²) in [5, 5.41) is 12.5. The van der Waals surface area contributed by atoms with Gasteiger partial charge in [0, 0.05) is 25.9 Å². The molecule has 3 atom stereocenters. The number of benzene rings is 1. The van der Waals surface area contributed by atoms with E-state index in [0.717, 1.165) is 12.0 Å². The predicted molar refractivity (Wildman–Crippen MR) is 79.5 cm³/mol. The summed E-state index contributed by atoms with van der Waals surface area (Å²) < 4.78 is 0. The molecule has 0 spiro atoms. The Balaban J connectivity index is 2.12. The zero-order chi connectivity index (χ0) is 15.1. The lowest BCUT2D eigenvalue weighted by atomic mass is 9.78. The highest BCUT2D eigenvalue weighted by Crippen LogP contribution is 2.45. The fourth-order valence-corrected chi connectivity index (χ4v) is 3.28. The minimum Gasteiger partial charge on any atom is -0.480 e. The summed E-state index contributed by atoms with van der Waals surface area (Å²) in [4.78, 5) is 25.3. The van der Waals surface area contributed by atoms with Crippen LogP contribution in [0.1, 0.15) is 28.3 Å². The molecule has 5 heteroatoms. The van der Waals surface area contributed by atoms with E-state index in [1.165, 1.54) is 4.90 Å². The third kappa shape index (κ3) is 2.09. The lowest BCUT2D eigenvalue weighted by molar-refractivity contribution is -0.139. The van der Waals surface area contributed by atoms with Crippen molar-refractivity contribution < 1.29 is 14.7 Å². The smallest absolute Gasteiger partial charge is 0.326 e. The maximum Gasteiger partial charge on any atom is 0.326 e. The molecular formula is C16H18N2O3. The molecule has 1 amide bonds. The van der Waals surface area contributed by atoms with Crippen molar-refractivity contribution in [2.45, 2.75) is 18.4 Å². The van der Waals surface area contributed by atoms with Gasteiger partial charge in [0.05, 0.1) is 11.3 Å². The third-order valence-corrected chi connectivity index (χ3v) is 4.30. The van der Waals surface area contributed by atoms with E-state index < -0.39 is 12.0 Å². The molecule has 0 aromatic heterocycles. The number of allylic oxidation sites excluding steroid dienone is 2. The van der Waals surface area contributed by atoms with Gasteiger partial charge in [0.25, 0.3) is 5.91 Å². The lowest BCUT2D eigenvalue weighted by Gasteiger charge is -2.35.